The highest BCUT2D eigenvalue weighted by atomic mass is 14.9. The van der Waals surface area contributed by atoms with E-state index in [2.05, 4.69) is 73.5 Å². The van der Waals surface area contributed by atoms with Crippen molar-refractivity contribution in [1.29, 1.82) is 0 Å². The van der Waals surface area contributed by atoms with Crippen molar-refractivity contribution in [1.82, 2.24) is 10.3 Å². The number of hydrogen-bond acceptors (Lipinski definition) is 2. The third-order valence-corrected chi connectivity index (χ3v) is 3.71. The van der Waals surface area contributed by atoms with Crippen molar-refractivity contribution >= 4 is 0 Å². The van der Waals surface area contributed by atoms with Crippen LogP contribution < -0.4 is 5.32 Å². The summed E-state index contributed by atoms with van der Waals surface area (Å²) in [6.45, 7) is 7.42. The number of hydrogen-bond donors (Lipinski definition) is 1. The van der Waals surface area contributed by atoms with E-state index in [1.165, 1.54) is 11.1 Å². The Morgan fingerprint density at radius 1 is 1.05 bits per heavy atom. The van der Waals surface area contributed by atoms with Crippen LogP contribution in [0.3, 0.4) is 0 Å². The Balaban J connectivity index is 2.10. The molecule has 1 atom stereocenters. The minimum absolute atomic E-state index is 0.408. The van der Waals surface area contributed by atoms with E-state index in [0.29, 0.717) is 6.04 Å². The molecule has 0 bridgehead atoms. The second-order valence-corrected chi connectivity index (χ2v) is 5.71. The van der Waals surface area contributed by atoms with E-state index >= 15 is 0 Å². The average molecular weight is 282 g/mol. The molecule has 0 saturated heterocycles. The predicted molar refractivity (Wildman–Crippen MR) is 89.5 cm³/mol. The molecule has 1 aromatic heterocycles. The molecular weight excluding hydrogens is 256 g/mol. The maximum absolute atomic E-state index is 4.49. The summed E-state index contributed by atoms with van der Waals surface area (Å²) in [5.74, 6) is 0. The van der Waals surface area contributed by atoms with Crippen LogP contribution in [0.2, 0.25) is 0 Å². The third-order valence-electron chi connectivity index (χ3n) is 3.71. The molecule has 1 unspecified atom stereocenters. The fraction of sp³-hybridized carbons (Fsp3) is 0.421. The van der Waals surface area contributed by atoms with Gasteiger partial charge in [-0.2, -0.15) is 0 Å². The van der Waals surface area contributed by atoms with E-state index in [-0.39, 0.29) is 0 Å². The monoisotopic (exact) mass is 282 g/mol. The summed E-state index contributed by atoms with van der Waals surface area (Å²) in [4.78, 5) is 4.49. The maximum Gasteiger partial charge on any atom is 0.0379 e. The minimum Gasteiger partial charge on any atom is -0.310 e. The molecule has 0 spiro atoms. The number of nitrogens with one attached hydrogen (secondary N) is 1. The lowest BCUT2D eigenvalue weighted by Gasteiger charge is -2.20. The highest BCUT2D eigenvalue weighted by molar-refractivity contribution is 5.24. The molecule has 2 nitrogen and oxygen atoms in total. The second kappa shape index (κ2) is 7.94. The van der Waals surface area contributed by atoms with Crippen molar-refractivity contribution in [3.05, 3.63) is 65.0 Å². The molecule has 21 heavy (non-hydrogen) atoms. The quantitative estimate of drug-likeness (QED) is 0.815. The van der Waals surface area contributed by atoms with E-state index in [1.54, 1.807) is 0 Å². The number of benzene rings is 1. The van der Waals surface area contributed by atoms with Crippen molar-refractivity contribution in [3.8, 4) is 0 Å². The Morgan fingerprint density at radius 3 is 2.33 bits per heavy atom. The number of aryl methyl sites for hydroxylation is 3. The molecule has 0 radical (unpaired) electrons. The van der Waals surface area contributed by atoms with Gasteiger partial charge in [-0.25, -0.2) is 0 Å². The van der Waals surface area contributed by atoms with Crippen LogP contribution in [0.25, 0.3) is 0 Å². The van der Waals surface area contributed by atoms with E-state index in [1.807, 2.05) is 0 Å². The summed E-state index contributed by atoms with van der Waals surface area (Å²) in [6.07, 6.45) is 3.38. The molecule has 0 amide bonds. The lowest BCUT2D eigenvalue weighted by molar-refractivity contribution is 0.498. The summed E-state index contributed by atoms with van der Waals surface area (Å²) in [5, 5.41) is 3.68. The molecule has 112 valence electrons. The van der Waals surface area contributed by atoms with Crippen LogP contribution in [0.15, 0.2) is 42.5 Å². The number of rotatable bonds is 7. The van der Waals surface area contributed by atoms with Gasteiger partial charge in [0.25, 0.3) is 0 Å². The first-order chi connectivity index (χ1) is 10.2. The van der Waals surface area contributed by atoms with Gasteiger partial charge in [-0.3, -0.25) is 4.98 Å². The number of nitrogens with zero attached hydrogens (tertiary/aromatic N) is 1. The van der Waals surface area contributed by atoms with Crippen LogP contribution >= 0.6 is 0 Å². The van der Waals surface area contributed by atoms with Gasteiger partial charge in [0.1, 0.15) is 0 Å². The van der Waals surface area contributed by atoms with Gasteiger partial charge < -0.3 is 5.32 Å². The molecule has 0 aliphatic rings. The molecule has 0 aliphatic heterocycles. The standard InChI is InChI=1S/C19H26N2/c1-4-12-20-19(11-10-17-8-6-5-7-9-17)18-13-15(2)21-16(3)14-18/h5-9,13-14,19-20H,4,10-12H2,1-3H3. The zero-order valence-corrected chi connectivity index (χ0v) is 13.4. The van der Waals surface area contributed by atoms with Gasteiger partial charge in [-0.15, -0.1) is 0 Å². The van der Waals surface area contributed by atoms with E-state index < -0.39 is 0 Å². The van der Waals surface area contributed by atoms with Crippen LogP contribution in [0, 0.1) is 13.8 Å². The van der Waals surface area contributed by atoms with Gasteiger partial charge in [0.15, 0.2) is 0 Å². The fourth-order valence-electron chi connectivity index (χ4n) is 2.73. The first-order valence-corrected chi connectivity index (χ1v) is 7.91. The summed E-state index contributed by atoms with van der Waals surface area (Å²) in [7, 11) is 0. The highest BCUT2D eigenvalue weighted by Gasteiger charge is 2.12. The van der Waals surface area contributed by atoms with Crippen LogP contribution in [0.5, 0.6) is 0 Å². The smallest absolute Gasteiger partial charge is 0.0379 e. The Kier molecular flexibility index (Phi) is 5.94. The lowest BCUT2D eigenvalue weighted by atomic mass is 9.98. The Labute approximate surface area is 128 Å². The van der Waals surface area contributed by atoms with Gasteiger partial charge in [0.2, 0.25) is 0 Å². The Bertz CT molecular complexity index is 528. The highest BCUT2D eigenvalue weighted by Crippen LogP contribution is 2.21. The summed E-state index contributed by atoms with van der Waals surface area (Å²) < 4.78 is 0. The lowest BCUT2D eigenvalue weighted by Crippen LogP contribution is -2.23. The summed E-state index contributed by atoms with van der Waals surface area (Å²) >= 11 is 0. The van der Waals surface area contributed by atoms with Crippen LogP contribution in [-0.2, 0) is 6.42 Å². The molecule has 2 rings (SSSR count). The van der Waals surface area contributed by atoms with Crippen LogP contribution in [-0.4, -0.2) is 11.5 Å². The van der Waals surface area contributed by atoms with Gasteiger partial charge in [-0.1, -0.05) is 37.3 Å². The zero-order chi connectivity index (χ0) is 15.1. The molecule has 2 aromatic rings. The average Bonchev–Trinajstić information content (AvgIpc) is 2.47. The third kappa shape index (κ3) is 4.98. The van der Waals surface area contributed by atoms with E-state index in [4.69, 9.17) is 0 Å². The zero-order valence-electron chi connectivity index (χ0n) is 13.4. The van der Waals surface area contributed by atoms with Crippen molar-refractivity contribution < 1.29 is 0 Å². The molecule has 1 heterocycles. The number of aromatic nitrogens is 1. The van der Waals surface area contributed by atoms with Crippen molar-refractivity contribution in [2.75, 3.05) is 6.54 Å². The van der Waals surface area contributed by atoms with Gasteiger partial charge in [0.05, 0.1) is 0 Å². The summed E-state index contributed by atoms with van der Waals surface area (Å²) in [5.41, 5.74) is 4.98. The first-order valence-electron chi connectivity index (χ1n) is 7.91. The minimum atomic E-state index is 0.408. The Morgan fingerprint density at radius 2 is 1.71 bits per heavy atom. The first kappa shape index (κ1) is 15.7. The summed E-state index contributed by atoms with van der Waals surface area (Å²) in [6, 6.07) is 15.6. The van der Waals surface area contributed by atoms with Gasteiger partial charge >= 0.3 is 0 Å². The van der Waals surface area contributed by atoms with Crippen molar-refractivity contribution in [3.63, 3.8) is 0 Å². The van der Waals surface area contributed by atoms with Gasteiger partial charge in [-0.05, 0) is 62.9 Å². The second-order valence-electron chi connectivity index (χ2n) is 5.71. The fourth-order valence-corrected chi connectivity index (χ4v) is 2.73. The van der Waals surface area contributed by atoms with Crippen molar-refractivity contribution in [2.24, 2.45) is 0 Å². The Hall–Kier alpha value is -1.67. The SMILES string of the molecule is CCCNC(CCc1ccccc1)c1cc(C)nc(C)c1. The molecule has 0 saturated carbocycles. The maximum atomic E-state index is 4.49. The molecule has 0 fully saturated rings. The normalized spacial score (nSPS) is 12.3. The molecule has 1 aromatic carbocycles. The van der Waals surface area contributed by atoms with Gasteiger partial charge in [0, 0.05) is 17.4 Å². The van der Waals surface area contributed by atoms with Crippen LogP contribution in [0.1, 0.15) is 48.3 Å². The molecule has 0 aliphatic carbocycles. The topological polar surface area (TPSA) is 24.9 Å². The molecule has 2 heteroatoms. The van der Waals surface area contributed by atoms with E-state index in [0.717, 1.165) is 37.2 Å². The number of pyridine rings is 1. The van der Waals surface area contributed by atoms with Crippen LogP contribution in [0.4, 0.5) is 0 Å². The van der Waals surface area contributed by atoms with E-state index in [9.17, 15) is 0 Å². The largest absolute Gasteiger partial charge is 0.310 e. The van der Waals surface area contributed by atoms with Crippen molar-refractivity contribution in [2.45, 2.75) is 46.1 Å². The molecule has 1 N–H and O–H groups in total. The predicted octanol–water partition coefficient (Wildman–Crippen LogP) is 4.37. The molecular formula is C19H26N2.